The number of amides is 8. The molecule has 1 aromatic heterocycles. The van der Waals surface area contributed by atoms with Crippen LogP contribution in [0.25, 0.3) is 10.9 Å². The van der Waals surface area contributed by atoms with E-state index in [1.807, 2.05) is 52.0 Å². The Morgan fingerprint density at radius 1 is 0.554 bits per heavy atom. The van der Waals surface area contributed by atoms with Gasteiger partial charge in [0.25, 0.3) is 0 Å². The molecular formula is C47H69N9O9. The zero-order valence-corrected chi connectivity index (χ0v) is 38.9. The molecule has 8 amide bonds. The number of nitrogens with zero attached hydrogens (tertiary/aromatic N) is 3. The van der Waals surface area contributed by atoms with E-state index in [9.17, 15) is 43.5 Å². The van der Waals surface area contributed by atoms with Gasteiger partial charge in [0.15, 0.2) is 0 Å². The highest BCUT2D eigenvalue weighted by atomic mass is 16.3. The van der Waals surface area contributed by atoms with Gasteiger partial charge >= 0.3 is 0 Å². The molecule has 9 atom stereocenters. The largest absolute Gasteiger partial charge is 0.391 e. The lowest BCUT2D eigenvalue weighted by atomic mass is 9.99. The predicted molar refractivity (Wildman–Crippen MR) is 241 cm³/mol. The van der Waals surface area contributed by atoms with E-state index >= 15 is 0 Å². The van der Waals surface area contributed by atoms with Crippen LogP contribution in [0.4, 0.5) is 0 Å². The lowest BCUT2D eigenvalue weighted by Crippen LogP contribution is -2.62. The maximum absolute atomic E-state index is 14.6. The number of carbonyl (C=O) groups is 8. The van der Waals surface area contributed by atoms with Gasteiger partial charge in [0.05, 0.1) is 6.10 Å². The fraction of sp³-hybridized carbons (Fsp3) is 0.660. The summed E-state index contributed by atoms with van der Waals surface area (Å²) in [5, 5.41) is 26.0. The van der Waals surface area contributed by atoms with Crippen LogP contribution in [-0.2, 0) is 44.8 Å². The summed E-state index contributed by atoms with van der Waals surface area (Å²) >= 11 is 0. The van der Waals surface area contributed by atoms with E-state index in [0.717, 1.165) is 16.5 Å². The van der Waals surface area contributed by atoms with Gasteiger partial charge in [-0.05, 0) is 87.7 Å². The molecule has 4 saturated heterocycles. The third-order valence-corrected chi connectivity index (χ3v) is 13.2. The van der Waals surface area contributed by atoms with Crippen molar-refractivity contribution in [2.75, 3.05) is 19.6 Å². The molecule has 356 valence electrons. The third-order valence-electron chi connectivity index (χ3n) is 13.2. The Morgan fingerprint density at radius 3 is 1.52 bits per heavy atom. The van der Waals surface area contributed by atoms with E-state index in [4.69, 9.17) is 0 Å². The normalized spacial score (nSPS) is 28.8. The molecule has 1 aromatic carbocycles. The number of rotatable bonds is 8. The van der Waals surface area contributed by atoms with Crippen molar-refractivity contribution in [2.24, 2.45) is 17.8 Å². The van der Waals surface area contributed by atoms with Crippen molar-refractivity contribution < 1.29 is 43.5 Å². The lowest BCUT2D eigenvalue weighted by Gasteiger charge is -2.34. The van der Waals surface area contributed by atoms with Gasteiger partial charge in [0, 0.05) is 43.2 Å². The summed E-state index contributed by atoms with van der Waals surface area (Å²) < 4.78 is 0. The van der Waals surface area contributed by atoms with Crippen molar-refractivity contribution >= 4 is 58.2 Å². The van der Waals surface area contributed by atoms with Gasteiger partial charge in [0.2, 0.25) is 47.3 Å². The minimum atomic E-state index is -1.47. The van der Waals surface area contributed by atoms with Gasteiger partial charge in [-0.15, -0.1) is 0 Å². The second kappa shape index (κ2) is 21.2. The average Bonchev–Trinajstić information content (AvgIpc) is 4.09. The summed E-state index contributed by atoms with van der Waals surface area (Å²) in [4.78, 5) is 122. The molecule has 0 bridgehead atoms. The van der Waals surface area contributed by atoms with Gasteiger partial charge < -0.3 is 51.4 Å². The molecule has 4 aliphatic rings. The molecule has 0 radical (unpaired) electrons. The minimum absolute atomic E-state index is 0.0495. The first-order valence-electron chi connectivity index (χ1n) is 23.5. The molecule has 5 heterocycles. The number of fused-ring (bicyclic) bond motifs is 4. The second-order valence-electron chi connectivity index (χ2n) is 19.5. The molecule has 7 N–H and O–H groups in total. The van der Waals surface area contributed by atoms with E-state index < -0.39 is 108 Å². The summed E-state index contributed by atoms with van der Waals surface area (Å²) in [5.74, 6) is -5.28. The number of aromatic amines is 1. The maximum Gasteiger partial charge on any atom is 0.248 e. The van der Waals surface area contributed by atoms with Gasteiger partial charge in [0.1, 0.15) is 48.3 Å². The van der Waals surface area contributed by atoms with Gasteiger partial charge in [-0.1, -0.05) is 59.7 Å². The summed E-state index contributed by atoms with van der Waals surface area (Å²) in [5.41, 5.74) is 1.58. The van der Waals surface area contributed by atoms with Gasteiger partial charge in [-0.2, -0.15) is 0 Å². The van der Waals surface area contributed by atoms with Crippen molar-refractivity contribution in [3.63, 3.8) is 0 Å². The standard InChI is InChI=1S/C47H69N9O9/c1-25(2)21-32-40(58)53-39(28(7)57)47(65)56-20-12-17-37(56)44(62)51-34(22-26(3)4)45(63)54-18-10-15-35(54)42(60)50-33(23-29-24-48-31-14-9-8-13-30(29)31)41(59)52-38(27(5)6)46(64)55-19-11-16-36(55)43(61)49-32/h8-9,13-14,24-28,32-39,48,57H,10-12,15-23H2,1-7H3,(H,49,61)(H,50,60)(H,51,62)(H,52,59)(H,53,58)/t28?,32-,33-,34-,35-,36-,37-,38-,39-/m0/s1. The first-order chi connectivity index (χ1) is 30.9. The summed E-state index contributed by atoms with van der Waals surface area (Å²) in [6.45, 7) is 13.1. The predicted octanol–water partition coefficient (Wildman–Crippen LogP) is 1.25. The molecule has 4 aliphatic heterocycles. The van der Waals surface area contributed by atoms with E-state index in [0.29, 0.717) is 32.1 Å². The molecule has 1 unspecified atom stereocenters. The number of aliphatic hydroxyl groups excluding tert-OH is 1. The summed E-state index contributed by atoms with van der Waals surface area (Å²) in [7, 11) is 0. The fourth-order valence-corrected chi connectivity index (χ4v) is 9.81. The fourth-order valence-electron chi connectivity index (χ4n) is 9.81. The van der Waals surface area contributed by atoms with Crippen molar-refractivity contribution in [3.8, 4) is 0 Å². The molecule has 4 fully saturated rings. The molecule has 6 rings (SSSR count). The Labute approximate surface area is 381 Å². The Morgan fingerprint density at radius 2 is 1.00 bits per heavy atom. The second-order valence-corrected chi connectivity index (χ2v) is 19.5. The maximum atomic E-state index is 14.6. The number of hydrogen-bond donors (Lipinski definition) is 7. The zero-order chi connectivity index (χ0) is 47.3. The number of nitrogens with one attached hydrogen (secondary N) is 6. The van der Waals surface area contributed by atoms with E-state index in [2.05, 4.69) is 31.6 Å². The number of H-pyrrole nitrogens is 1. The molecule has 0 spiro atoms. The summed E-state index contributed by atoms with van der Waals surface area (Å²) in [6, 6.07) is -1.36. The van der Waals surface area contributed by atoms with Crippen LogP contribution in [0.15, 0.2) is 30.5 Å². The van der Waals surface area contributed by atoms with Crippen molar-refractivity contribution in [2.45, 2.75) is 161 Å². The number of para-hydroxylation sites is 1. The third kappa shape index (κ3) is 11.3. The van der Waals surface area contributed by atoms with Crippen LogP contribution in [0.2, 0.25) is 0 Å². The minimum Gasteiger partial charge on any atom is -0.391 e. The average molecular weight is 904 g/mol. The Balaban J connectivity index is 1.38. The molecule has 65 heavy (non-hydrogen) atoms. The quantitative estimate of drug-likeness (QED) is 0.202. The van der Waals surface area contributed by atoms with E-state index in [1.165, 1.54) is 21.6 Å². The van der Waals surface area contributed by atoms with Crippen LogP contribution < -0.4 is 26.6 Å². The zero-order valence-electron chi connectivity index (χ0n) is 38.9. The topological polar surface area (TPSA) is 242 Å². The Kier molecular flexibility index (Phi) is 16.0. The highest BCUT2D eigenvalue weighted by molar-refractivity contribution is 6.00. The number of aliphatic hydroxyl groups is 1. The molecule has 0 saturated carbocycles. The first-order valence-corrected chi connectivity index (χ1v) is 23.5. The van der Waals surface area contributed by atoms with Crippen LogP contribution >= 0.6 is 0 Å². The highest BCUT2D eigenvalue weighted by Crippen LogP contribution is 2.26. The number of hydrogen-bond acceptors (Lipinski definition) is 9. The number of carbonyl (C=O) groups excluding carboxylic acids is 8. The monoisotopic (exact) mass is 904 g/mol. The van der Waals surface area contributed by atoms with E-state index in [1.54, 1.807) is 20.0 Å². The molecule has 0 aliphatic carbocycles. The smallest absolute Gasteiger partial charge is 0.248 e. The SMILES string of the molecule is CC(C)C[C@@H]1NC(=O)[C@@H]2CCCN2C(=O)[C@H](C(C)C)NC(=O)[C@H](Cc2c[nH]c3ccccc23)NC(=O)[C@@H]2CCCN2C(=O)[C@H](CC(C)C)NC(=O)[C@@H]2CCCN2C(=O)[C@H](C(C)O)NC1=O. The van der Waals surface area contributed by atoms with Crippen LogP contribution in [-0.4, -0.2) is 146 Å². The Bertz CT molecular complexity index is 2100. The van der Waals surface area contributed by atoms with E-state index in [-0.39, 0.29) is 57.2 Å². The van der Waals surface area contributed by atoms with Crippen molar-refractivity contribution in [1.82, 2.24) is 46.3 Å². The van der Waals surface area contributed by atoms with Crippen LogP contribution in [0, 0.1) is 17.8 Å². The number of aromatic nitrogens is 1. The van der Waals surface area contributed by atoms with Crippen LogP contribution in [0.1, 0.15) is 105 Å². The van der Waals surface area contributed by atoms with Gasteiger partial charge in [-0.3, -0.25) is 38.4 Å². The first kappa shape index (κ1) is 48.9. The molecule has 2 aromatic rings. The Hall–Kier alpha value is -5.52. The van der Waals surface area contributed by atoms with Crippen molar-refractivity contribution in [3.05, 3.63) is 36.0 Å². The molecule has 18 nitrogen and oxygen atoms in total. The lowest BCUT2D eigenvalue weighted by molar-refractivity contribution is -0.146. The highest BCUT2D eigenvalue weighted by Gasteiger charge is 2.45. The van der Waals surface area contributed by atoms with Crippen LogP contribution in [0.5, 0.6) is 0 Å². The summed E-state index contributed by atoms with van der Waals surface area (Å²) in [6.07, 6.45) is 3.16. The van der Waals surface area contributed by atoms with Gasteiger partial charge in [-0.25, -0.2) is 0 Å². The number of benzene rings is 1. The molecule has 18 heteroatoms. The molecular weight excluding hydrogens is 835 g/mol. The van der Waals surface area contributed by atoms with Crippen molar-refractivity contribution in [1.29, 1.82) is 0 Å². The van der Waals surface area contributed by atoms with Crippen LogP contribution in [0.3, 0.4) is 0 Å².